The van der Waals surface area contributed by atoms with Gasteiger partial charge in [0.05, 0.1) is 16.9 Å². The van der Waals surface area contributed by atoms with Gasteiger partial charge in [-0.1, -0.05) is 94.8 Å². The van der Waals surface area contributed by atoms with Crippen LogP contribution in [0.2, 0.25) is 0 Å². The number of rotatable bonds is 5. The number of carbonyl (C=O) groups is 2. The van der Waals surface area contributed by atoms with E-state index in [0.717, 1.165) is 22.4 Å². The molecule has 5 nitrogen and oxygen atoms in total. The van der Waals surface area contributed by atoms with Gasteiger partial charge in [-0.2, -0.15) is 0 Å². The van der Waals surface area contributed by atoms with E-state index in [0.29, 0.717) is 11.3 Å². The molecule has 0 aromatic heterocycles. The first-order chi connectivity index (χ1) is 17.6. The fourth-order valence-corrected chi connectivity index (χ4v) is 5.78. The van der Waals surface area contributed by atoms with Crippen LogP contribution in [0, 0.1) is 0 Å². The minimum Gasteiger partial charge on any atom is -0.507 e. The highest BCUT2D eigenvalue weighted by Crippen LogP contribution is 2.55. The van der Waals surface area contributed by atoms with E-state index in [-0.39, 0.29) is 41.0 Å². The third-order valence-electron chi connectivity index (χ3n) is 7.12. The van der Waals surface area contributed by atoms with Gasteiger partial charge in [0.2, 0.25) is 5.91 Å². The number of ketones is 1. The molecule has 6 heteroatoms. The summed E-state index contributed by atoms with van der Waals surface area (Å²) >= 11 is 3.19. The van der Waals surface area contributed by atoms with Crippen molar-refractivity contribution < 1.29 is 19.4 Å². The predicted octanol–water partition coefficient (Wildman–Crippen LogP) is 5.78. The lowest BCUT2D eigenvalue weighted by Crippen LogP contribution is -2.44. The number of carbonyl (C=O) groups excluding carboxylic acids is 2. The summed E-state index contributed by atoms with van der Waals surface area (Å²) in [5.41, 5.74) is 3.26. The number of ether oxygens (including phenoxy) is 1. The molecule has 0 saturated carbocycles. The second-order valence-electron chi connectivity index (χ2n) is 9.03. The molecule has 1 unspecified atom stereocenters. The number of phenols is 1. The zero-order valence-corrected chi connectivity index (χ0v) is 20.8. The van der Waals surface area contributed by atoms with Crippen LogP contribution in [0.5, 0.6) is 11.5 Å². The summed E-state index contributed by atoms with van der Waals surface area (Å²) in [6, 6.07) is 30.4. The number of Topliss-reactive ketones (excluding diaryl/α,β-unsaturated/α-hetero) is 1. The van der Waals surface area contributed by atoms with Crippen molar-refractivity contribution in [1.29, 1.82) is 0 Å². The Kier molecular flexibility index (Phi) is 5.41. The Morgan fingerprint density at radius 2 is 1.53 bits per heavy atom. The molecule has 2 heterocycles. The van der Waals surface area contributed by atoms with Crippen molar-refractivity contribution in [3.8, 4) is 11.5 Å². The van der Waals surface area contributed by atoms with Crippen LogP contribution in [0.3, 0.4) is 0 Å². The highest BCUT2D eigenvalue weighted by molar-refractivity contribution is 9.09. The van der Waals surface area contributed by atoms with Crippen LogP contribution in [-0.4, -0.2) is 28.7 Å². The van der Waals surface area contributed by atoms with Crippen molar-refractivity contribution in [2.24, 2.45) is 0 Å². The smallest absolute Gasteiger partial charge is 0.246 e. The van der Waals surface area contributed by atoms with E-state index >= 15 is 0 Å². The molecule has 0 saturated heterocycles. The minimum absolute atomic E-state index is 0.0634. The first kappa shape index (κ1) is 22.6. The summed E-state index contributed by atoms with van der Waals surface area (Å²) in [5, 5.41) is 10.6. The Hall–Kier alpha value is -3.90. The molecule has 1 spiro atoms. The molecule has 2 aliphatic rings. The molecule has 4 aromatic rings. The molecule has 0 aliphatic carbocycles. The van der Waals surface area contributed by atoms with Crippen molar-refractivity contribution in [3.63, 3.8) is 0 Å². The van der Waals surface area contributed by atoms with E-state index in [1.165, 1.54) is 6.07 Å². The maximum atomic E-state index is 14.7. The molecule has 1 N–H and O–H groups in total. The molecular weight excluding hydrogens is 518 g/mol. The molecule has 1 atom stereocenters. The van der Waals surface area contributed by atoms with Crippen LogP contribution in [0.4, 0.5) is 5.69 Å². The number of hydrogen-bond donors (Lipinski definition) is 1. The molecule has 1 amide bonds. The zero-order chi connectivity index (χ0) is 24.9. The lowest BCUT2D eigenvalue weighted by atomic mass is 9.76. The molecule has 36 heavy (non-hydrogen) atoms. The SMILES string of the molecule is O=C(CBr)c1cc2c(cc1O)OCC21C(=O)N(C(c2ccccc2)c2ccccc2)c2ccccc21. The molecule has 4 aromatic carbocycles. The first-order valence-corrected chi connectivity index (χ1v) is 12.8. The number of halogens is 1. The van der Waals surface area contributed by atoms with Crippen molar-refractivity contribution >= 4 is 33.3 Å². The van der Waals surface area contributed by atoms with Crippen LogP contribution in [-0.2, 0) is 10.2 Å². The maximum Gasteiger partial charge on any atom is 0.246 e. The normalized spacial score (nSPS) is 17.8. The Labute approximate surface area is 217 Å². The number of nitrogens with zero attached hydrogens (tertiary/aromatic N) is 1. The number of alkyl halides is 1. The second kappa shape index (κ2) is 8.64. The summed E-state index contributed by atoms with van der Waals surface area (Å²) in [6.45, 7) is 0.0936. The van der Waals surface area contributed by atoms with Crippen LogP contribution in [0.15, 0.2) is 97.1 Å². The third-order valence-corrected chi connectivity index (χ3v) is 7.63. The second-order valence-corrected chi connectivity index (χ2v) is 9.59. The van der Waals surface area contributed by atoms with Crippen LogP contribution in [0.25, 0.3) is 0 Å². The summed E-state index contributed by atoms with van der Waals surface area (Å²) in [4.78, 5) is 29.1. The Morgan fingerprint density at radius 3 is 2.17 bits per heavy atom. The minimum atomic E-state index is -1.12. The molecule has 0 radical (unpaired) electrons. The van der Waals surface area contributed by atoms with Crippen LogP contribution in [0.1, 0.15) is 38.7 Å². The quantitative estimate of drug-likeness (QED) is 0.257. The van der Waals surface area contributed by atoms with E-state index in [1.807, 2.05) is 89.8 Å². The highest BCUT2D eigenvalue weighted by Gasteiger charge is 2.58. The van der Waals surface area contributed by atoms with Crippen molar-refractivity contribution in [2.45, 2.75) is 11.5 Å². The summed E-state index contributed by atoms with van der Waals surface area (Å²) in [6.07, 6.45) is 0. The highest BCUT2D eigenvalue weighted by atomic mass is 79.9. The third kappa shape index (κ3) is 3.21. The van der Waals surface area contributed by atoms with E-state index in [2.05, 4.69) is 15.9 Å². The van der Waals surface area contributed by atoms with E-state index < -0.39 is 5.41 Å². The fourth-order valence-electron chi connectivity index (χ4n) is 5.47. The van der Waals surface area contributed by atoms with E-state index in [9.17, 15) is 14.7 Å². The van der Waals surface area contributed by atoms with Crippen molar-refractivity contribution in [1.82, 2.24) is 0 Å². The summed E-state index contributed by atoms with van der Waals surface area (Å²) in [5.74, 6) is -0.126. The number of benzene rings is 4. The molecule has 0 fully saturated rings. The first-order valence-electron chi connectivity index (χ1n) is 11.7. The lowest BCUT2D eigenvalue weighted by molar-refractivity contribution is -0.122. The monoisotopic (exact) mass is 539 g/mol. The summed E-state index contributed by atoms with van der Waals surface area (Å²) in [7, 11) is 0. The van der Waals surface area contributed by atoms with Crippen molar-refractivity contribution in [2.75, 3.05) is 16.8 Å². The number of hydrogen-bond acceptors (Lipinski definition) is 4. The Bertz CT molecular complexity index is 1450. The number of aromatic hydroxyl groups is 1. The topological polar surface area (TPSA) is 66.8 Å². The van der Waals surface area contributed by atoms with Gasteiger partial charge < -0.3 is 9.84 Å². The van der Waals surface area contributed by atoms with Gasteiger partial charge >= 0.3 is 0 Å². The van der Waals surface area contributed by atoms with Gasteiger partial charge in [-0.15, -0.1) is 0 Å². The zero-order valence-electron chi connectivity index (χ0n) is 19.2. The van der Waals surface area contributed by atoms with Gasteiger partial charge in [0.1, 0.15) is 23.5 Å². The van der Waals surface area contributed by atoms with Gasteiger partial charge in [-0.25, -0.2) is 0 Å². The van der Waals surface area contributed by atoms with Crippen molar-refractivity contribution in [3.05, 3.63) is 125 Å². The predicted molar refractivity (Wildman–Crippen MR) is 141 cm³/mol. The number of amides is 1. The average Bonchev–Trinajstić information content (AvgIpc) is 3.41. The number of anilines is 1. The van der Waals surface area contributed by atoms with Gasteiger partial charge in [0.15, 0.2) is 5.78 Å². The average molecular weight is 540 g/mol. The Morgan fingerprint density at radius 1 is 0.917 bits per heavy atom. The fraction of sp³-hybridized carbons (Fsp3) is 0.133. The van der Waals surface area contributed by atoms with E-state index in [1.54, 1.807) is 6.07 Å². The molecular formula is C30H22BrNO4. The Balaban J connectivity index is 1.59. The number of fused-ring (bicyclic) bond motifs is 4. The lowest BCUT2D eigenvalue weighted by Gasteiger charge is -2.31. The standard InChI is InChI=1S/C30H22BrNO4/c31-17-26(34)21-15-23-27(16-25(21)33)36-18-30(23)22-13-7-8-14-24(22)32(29(30)35)28(19-9-3-1-4-10-19)20-11-5-2-6-12-20/h1-16,28,33H,17-18H2. The number of phenolic OH excluding ortho intramolecular Hbond substituents is 1. The van der Waals surface area contributed by atoms with Crippen LogP contribution >= 0.6 is 15.9 Å². The largest absolute Gasteiger partial charge is 0.507 e. The van der Waals surface area contributed by atoms with Gasteiger partial charge in [0.25, 0.3) is 0 Å². The molecule has 6 rings (SSSR count). The van der Waals surface area contributed by atoms with Gasteiger partial charge in [-0.3, -0.25) is 14.5 Å². The van der Waals surface area contributed by atoms with E-state index in [4.69, 9.17) is 4.74 Å². The van der Waals surface area contributed by atoms with Gasteiger partial charge in [0, 0.05) is 17.3 Å². The maximum absolute atomic E-state index is 14.7. The number of para-hydroxylation sites is 1. The van der Waals surface area contributed by atoms with Gasteiger partial charge in [-0.05, 0) is 28.8 Å². The molecule has 2 aliphatic heterocycles. The molecule has 178 valence electrons. The van der Waals surface area contributed by atoms with Crippen LogP contribution < -0.4 is 9.64 Å². The molecule has 0 bridgehead atoms. The summed E-state index contributed by atoms with van der Waals surface area (Å²) < 4.78 is 6.02.